The van der Waals surface area contributed by atoms with E-state index in [1.807, 2.05) is 12.2 Å². The summed E-state index contributed by atoms with van der Waals surface area (Å²) in [6, 6.07) is 4.73. The van der Waals surface area contributed by atoms with Gasteiger partial charge in [0.05, 0.1) is 11.8 Å². The molecule has 1 heterocycles. The lowest BCUT2D eigenvalue weighted by atomic mass is 9.85. The second-order valence-electron chi connectivity index (χ2n) is 5.94. The highest BCUT2D eigenvalue weighted by molar-refractivity contribution is 6.35. The van der Waals surface area contributed by atoms with Gasteiger partial charge in [-0.2, -0.15) is 0 Å². The van der Waals surface area contributed by atoms with Crippen LogP contribution >= 0.6 is 23.2 Å². The molecule has 0 unspecified atom stereocenters. The van der Waals surface area contributed by atoms with Crippen LogP contribution in [0.25, 0.3) is 0 Å². The molecule has 126 valence electrons. The number of nitrogens with zero attached hydrogens (tertiary/aromatic N) is 1. The Hall–Kier alpha value is -1.85. The average Bonchev–Trinajstić information content (AvgIpc) is 2.76. The van der Waals surface area contributed by atoms with Crippen LogP contribution in [0.1, 0.15) is 19.3 Å². The number of halogens is 2. The molecule has 24 heavy (non-hydrogen) atoms. The van der Waals surface area contributed by atoms with Gasteiger partial charge in [-0.1, -0.05) is 35.4 Å². The molecule has 1 aromatic carbocycles. The summed E-state index contributed by atoms with van der Waals surface area (Å²) in [5.74, 6) is -1.18. The van der Waals surface area contributed by atoms with Crippen molar-refractivity contribution in [2.24, 2.45) is 11.8 Å². The molecule has 0 radical (unpaired) electrons. The van der Waals surface area contributed by atoms with E-state index in [0.717, 1.165) is 0 Å². The topological polar surface area (TPSA) is 66.5 Å². The smallest absolute Gasteiger partial charge is 0.233 e. The number of fused-ring (bicyclic) bond motifs is 1. The molecule has 5 nitrogen and oxygen atoms in total. The van der Waals surface area contributed by atoms with E-state index >= 15 is 0 Å². The van der Waals surface area contributed by atoms with Gasteiger partial charge in [0.15, 0.2) is 0 Å². The van der Waals surface area contributed by atoms with Gasteiger partial charge in [0.1, 0.15) is 0 Å². The first kappa shape index (κ1) is 17.0. The van der Waals surface area contributed by atoms with E-state index in [4.69, 9.17) is 23.2 Å². The van der Waals surface area contributed by atoms with Crippen LogP contribution in [0, 0.1) is 11.8 Å². The van der Waals surface area contributed by atoms with Crippen molar-refractivity contribution < 1.29 is 14.4 Å². The van der Waals surface area contributed by atoms with Gasteiger partial charge in [0, 0.05) is 28.7 Å². The van der Waals surface area contributed by atoms with Crippen LogP contribution in [0.2, 0.25) is 10.0 Å². The first-order valence-corrected chi connectivity index (χ1v) is 8.47. The number of hydrogen-bond acceptors (Lipinski definition) is 3. The highest BCUT2D eigenvalue weighted by atomic mass is 35.5. The number of carbonyl (C=O) groups excluding carboxylic acids is 3. The summed E-state index contributed by atoms with van der Waals surface area (Å²) >= 11 is 11.8. The number of rotatable bonds is 4. The van der Waals surface area contributed by atoms with E-state index in [0.29, 0.717) is 28.6 Å². The van der Waals surface area contributed by atoms with Crippen molar-refractivity contribution >= 4 is 46.6 Å². The van der Waals surface area contributed by atoms with E-state index in [2.05, 4.69) is 5.32 Å². The zero-order valence-corrected chi connectivity index (χ0v) is 14.3. The second-order valence-corrected chi connectivity index (χ2v) is 6.81. The fraction of sp³-hybridized carbons (Fsp3) is 0.353. The van der Waals surface area contributed by atoms with Gasteiger partial charge in [-0.3, -0.25) is 19.3 Å². The molecular formula is C17H16Cl2N2O3. The minimum atomic E-state index is -0.304. The van der Waals surface area contributed by atoms with Crippen LogP contribution in [0.3, 0.4) is 0 Å². The molecule has 3 rings (SSSR count). The lowest BCUT2D eigenvalue weighted by Gasteiger charge is -2.14. The van der Waals surface area contributed by atoms with E-state index in [1.54, 1.807) is 18.2 Å². The predicted molar refractivity (Wildman–Crippen MR) is 91.8 cm³/mol. The van der Waals surface area contributed by atoms with E-state index in [1.165, 1.54) is 4.90 Å². The first-order chi connectivity index (χ1) is 11.5. The molecule has 2 aliphatic rings. The molecule has 7 heteroatoms. The van der Waals surface area contributed by atoms with Crippen molar-refractivity contribution in [2.75, 3.05) is 11.9 Å². The van der Waals surface area contributed by atoms with Crippen LogP contribution in [-0.2, 0) is 14.4 Å². The Bertz CT molecular complexity index is 686. The number of imide groups is 1. The number of benzene rings is 1. The summed E-state index contributed by atoms with van der Waals surface area (Å²) in [6.45, 7) is 0.0881. The van der Waals surface area contributed by atoms with Gasteiger partial charge in [0.2, 0.25) is 17.7 Å². The predicted octanol–water partition coefficient (Wildman–Crippen LogP) is 3.27. The molecule has 1 aliphatic heterocycles. The summed E-state index contributed by atoms with van der Waals surface area (Å²) < 4.78 is 0. The molecule has 1 saturated heterocycles. The number of allylic oxidation sites excluding steroid dienone is 2. The summed E-state index contributed by atoms with van der Waals surface area (Å²) in [7, 11) is 0. The number of carbonyl (C=O) groups is 3. The van der Waals surface area contributed by atoms with Crippen LogP contribution < -0.4 is 5.32 Å². The lowest BCUT2D eigenvalue weighted by molar-refractivity contribution is -0.140. The summed E-state index contributed by atoms with van der Waals surface area (Å²) in [5, 5.41) is 3.50. The maximum Gasteiger partial charge on any atom is 0.233 e. The third-order valence-corrected chi connectivity index (χ3v) is 4.74. The Labute approximate surface area is 149 Å². The second kappa shape index (κ2) is 6.95. The van der Waals surface area contributed by atoms with Crippen LogP contribution in [0.15, 0.2) is 30.4 Å². The number of amides is 3. The van der Waals surface area contributed by atoms with Gasteiger partial charge in [-0.05, 0) is 31.0 Å². The van der Waals surface area contributed by atoms with Crippen molar-refractivity contribution in [3.8, 4) is 0 Å². The summed E-state index contributed by atoms with van der Waals surface area (Å²) in [4.78, 5) is 37.9. The fourth-order valence-electron chi connectivity index (χ4n) is 3.15. The quantitative estimate of drug-likeness (QED) is 0.656. The fourth-order valence-corrected chi connectivity index (χ4v) is 3.68. The SMILES string of the molecule is O=C(CCN1C(=O)[C@H]2CC=CC[C@H]2C1=O)Nc1cc(Cl)cc(Cl)c1. The number of nitrogens with one attached hydrogen (secondary N) is 1. The average molecular weight is 367 g/mol. The van der Waals surface area contributed by atoms with Gasteiger partial charge >= 0.3 is 0 Å². The van der Waals surface area contributed by atoms with Crippen molar-refractivity contribution in [2.45, 2.75) is 19.3 Å². The molecule has 0 bridgehead atoms. The zero-order chi connectivity index (χ0) is 17.3. The summed E-state index contributed by atoms with van der Waals surface area (Å²) in [5.41, 5.74) is 0.481. The third kappa shape index (κ3) is 3.47. The number of likely N-dealkylation sites (tertiary alicyclic amines) is 1. The Balaban J connectivity index is 1.58. The number of anilines is 1. The molecule has 1 aromatic rings. The van der Waals surface area contributed by atoms with Crippen molar-refractivity contribution in [3.63, 3.8) is 0 Å². The molecule has 2 atom stereocenters. The van der Waals surface area contributed by atoms with Crippen molar-refractivity contribution in [1.29, 1.82) is 0 Å². The van der Waals surface area contributed by atoms with Gasteiger partial charge in [-0.25, -0.2) is 0 Å². The standard InChI is InChI=1S/C17H16Cl2N2O3/c18-10-7-11(19)9-12(8-10)20-15(22)5-6-21-16(23)13-3-1-2-4-14(13)17(21)24/h1-2,7-9,13-14H,3-6H2,(H,20,22)/t13-,14+. The van der Waals surface area contributed by atoms with E-state index in [-0.39, 0.29) is 42.5 Å². The minimum Gasteiger partial charge on any atom is -0.326 e. The summed E-state index contributed by atoms with van der Waals surface area (Å²) in [6.07, 6.45) is 5.10. The number of hydrogen-bond donors (Lipinski definition) is 1. The molecule has 0 spiro atoms. The highest BCUT2D eigenvalue weighted by Crippen LogP contribution is 2.35. The van der Waals surface area contributed by atoms with E-state index in [9.17, 15) is 14.4 Å². The van der Waals surface area contributed by atoms with Crippen molar-refractivity contribution in [1.82, 2.24) is 4.90 Å². The normalized spacial score (nSPS) is 22.7. The third-order valence-electron chi connectivity index (χ3n) is 4.31. The van der Waals surface area contributed by atoms with Crippen LogP contribution in [-0.4, -0.2) is 29.2 Å². The Morgan fingerprint density at radius 1 is 1.04 bits per heavy atom. The van der Waals surface area contributed by atoms with Gasteiger partial charge in [-0.15, -0.1) is 0 Å². The maximum absolute atomic E-state index is 12.3. The Morgan fingerprint density at radius 3 is 2.12 bits per heavy atom. The first-order valence-electron chi connectivity index (χ1n) is 7.72. The van der Waals surface area contributed by atoms with Crippen LogP contribution in [0.4, 0.5) is 5.69 Å². The van der Waals surface area contributed by atoms with Crippen LogP contribution in [0.5, 0.6) is 0 Å². The largest absolute Gasteiger partial charge is 0.326 e. The highest BCUT2D eigenvalue weighted by Gasteiger charge is 2.46. The zero-order valence-electron chi connectivity index (χ0n) is 12.8. The lowest BCUT2D eigenvalue weighted by Crippen LogP contribution is -2.34. The van der Waals surface area contributed by atoms with Crippen molar-refractivity contribution in [3.05, 3.63) is 40.4 Å². The monoisotopic (exact) mass is 366 g/mol. The maximum atomic E-state index is 12.3. The molecule has 1 N–H and O–H groups in total. The molecule has 0 saturated carbocycles. The van der Waals surface area contributed by atoms with E-state index < -0.39 is 0 Å². The van der Waals surface area contributed by atoms with Gasteiger partial charge in [0.25, 0.3) is 0 Å². The molecule has 1 fully saturated rings. The Kier molecular flexibility index (Phi) is 4.92. The molecular weight excluding hydrogens is 351 g/mol. The Morgan fingerprint density at radius 2 is 1.58 bits per heavy atom. The molecule has 3 amide bonds. The molecule has 1 aliphatic carbocycles. The minimum absolute atomic E-state index is 0.0362. The van der Waals surface area contributed by atoms with Gasteiger partial charge < -0.3 is 5.32 Å². The molecule has 0 aromatic heterocycles.